The van der Waals surface area contributed by atoms with Crippen LogP contribution in [0.2, 0.25) is 0 Å². The Balaban J connectivity index is 2.23. The lowest BCUT2D eigenvalue weighted by Crippen LogP contribution is -2.37. The van der Waals surface area contributed by atoms with Gasteiger partial charge in [-0.2, -0.15) is 13.2 Å². The van der Waals surface area contributed by atoms with Crippen molar-refractivity contribution >= 4 is 11.7 Å². The summed E-state index contributed by atoms with van der Waals surface area (Å²) in [7, 11) is 0. The maximum absolute atomic E-state index is 12.3. The number of fused-ring (bicyclic) bond motifs is 1. The average molecular weight is 257 g/mol. The van der Waals surface area contributed by atoms with Crippen LogP contribution in [-0.4, -0.2) is 22.8 Å². The van der Waals surface area contributed by atoms with Gasteiger partial charge in [-0.05, 0) is 24.1 Å². The van der Waals surface area contributed by atoms with Gasteiger partial charge >= 0.3 is 12.1 Å². The highest BCUT2D eigenvalue weighted by Gasteiger charge is 2.43. The Kier molecular flexibility index (Phi) is 2.88. The van der Waals surface area contributed by atoms with Crippen molar-refractivity contribution in [2.45, 2.75) is 26.2 Å². The minimum atomic E-state index is -4.86. The van der Waals surface area contributed by atoms with Crippen molar-refractivity contribution in [3.63, 3.8) is 0 Å². The molecule has 1 aromatic carbocycles. The zero-order valence-corrected chi connectivity index (χ0v) is 9.54. The van der Waals surface area contributed by atoms with Gasteiger partial charge in [0.15, 0.2) is 5.78 Å². The van der Waals surface area contributed by atoms with Gasteiger partial charge in [0, 0.05) is 18.7 Å². The number of carbonyl (C=O) groups is 2. The molecule has 0 fully saturated rings. The molecule has 0 atom stereocenters. The fourth-order valence-electron chi connectivity index (χ4n) is 1.94. The van der Waals surface area contributed by atoms with Gasteiger partial charge in [0.2, 0.25) is 0 Å². The molecule has 3 nitrogen and oxygen atoms in total. The Morgan fingerprint density at radius 2 is 1.78 bits per heavy atom. The van der Waals surface area contributed by atoms with Gasteiger partial charge in [0.25, 0.3) is 0 Å². The number of nitrogens with zero attached hydrogens (tertiary/aromatic N) is 1. The maximum atomic E-state index is 12.3. The Bertz CT molecular complexity index is 523. The maximum Gasteiger partial charge on any atom is 0.471 e. The first-order valence-corrected chi connectivity index (χ1v) is 5.28. The van der Waals surface area contributed by atoms with Crippen LogP contribution in [0.15, 0.2) is 18.2 Å². The fourth-order valence-corrected chi connectivity index (χ4v) is 1.94. The molecular weight excluding hydrogens is 247 g/mol. The van der Waals surface area contributed by atoms with Crippen molar-refractivity contribution in [1.82, 2.24) is 4.90 Å². The monoisotopic (exact) mass is 257 g/mol. The van der Waals surface area contributed by atoms with Crippen LogP contribution in [0.25, 0.3) is 0 Å². The summed E-state index contributed by atoms with van der Waals surface area (Å²) in [5.41, 5.74) is 1.69. The minimum absolute atomic E-state index is 0.0636. The number of hydrogen-bond donors (Lipinski definition) is 0. The number of ketones is 1. The molecular formula is C12H10F3NO2. The summed E-state index contributed by atoms with van der Waals surface area (Å²) in [6.07, 6.45) is -4.86. The highest BCUT2D eigenvalue weighted by atomic mass is 19.4. The van der Waals surface area contributed by atoms with Crippen molar-refractivity contribution in [2.75, 3.05) is 0 Å². The highest BCUT2D eigenvalue weighted by molar-refractivity contribution is 5.94. The summed E-state index contributed by atoms with van der Waals surface area (Å²) in [6, 6.07) is 4.69. The summed E-state index contributed by atoms with van der Waals surface area (Å²) in [5.74, 6) is -2.00. The minimum Gasteiger partial charge on any atom is -0.326 e. The van der Waals surface area contributed by atoms with Crippen molar-refractivity contribution in [2.24, 2.45) is 0 Å². The summed E-state index contributed by atoms with van der Waals surface area (Å²) in [5, 5.41) is 0. The normalized spacial score (nSPS) is 14.6. The molecule has 18 heavy (non-hydrogen) atoms. The van der Waals surface area contributed by atoms with Crippen LogP contribution in [0.5, 0.6) is 0 Å². The quantitative estimate of drug-likeness (QED) is 0.724. The summed E-state index contributed by atoms with van der Waals surface area (Å²) >= 11 is 0. The van der Waals surface area contributed by atoms with Gasteiger partial charge in [-0.15, -0.1) is 0 Å². The average Bonchev–Trinajstić information content (AvgIpc) is 2.68. The molecule has 0 spiro atoms. The molecule has 0 unspecified atom stereocenters. The number of alkyl halides is 3. The zero-order valence-electron chi connectivity index (χ0n) is 9.54. The zero-order chi connectivity index (χ0) is 13.5. The lowest BCUT2D eigenvalue weighted by atomic mass is 10.0. The molecule has 1 amide bonds. The predicted molar refractivity (Wildman–Crippen MR) is 56.8 cm³/mol. The number of hydrogen-bond acceptors (Lipinski definition) is 2. The molecule has 1 aromatic rings. The molecule has 2 rings (SSSR count). The number of benzene rings is 1. The summed E-state index contributed by atoms with van der Waals surface area (Å²) < 4.78 is 36.9. The third kappa shape index (κ3) is 2.23. The third-order valence-corrected chi connectivity index (χ3v) is 2.86. The van der Waals surface area contributed by atoms with E-state index in [1.165, 1.54) is 6.92 Å². The summed E-state index contributed by atoms with van der Waals surface area (Å²) in [4.78, 5) is 23.0. The van der Waals surface area contributed by atoms with E-state index in [1.54, 1.807) is 18.2 Å². The molecule has 0 aromatic heterocycles. The van der Waals surface area contributed by atoms with Gasteiger partial charge < -0.3 is 4.90 Å². The Labute approximate surface area is 101 Å². The van der Waals surface area contributed by atoms with Crippen molar-refractivity contribution < 1.29 is 22.8 Å². The second-order valence-electron chi connectivity index (χ2n) is 4.20. The van der Waals surface area contributed by atoms with Crippen molar-refractivity contribution in [3.05, 3.63) is 34.9 Å². The Morgan fingerprint density at radius 1 is 1.17 bits per heavy atom. The first kappa shape index (κ1) is 12.6. The van der Waals surface area contributed by atoms with E-state index in [0.717, 1.165) is 4.90 Å². The smallest absolute Gasteiger partial charge is 0.326 e. The molecule has 6 heteroatoms. The van der Waals surface area contributed by atoms with Gasteiger partial charge in [0.05, 0.1) is 0 Å². The van der Waals surface area contributed by atoms with Gasteiger partial charge in [-0.3, -0.25) is 9.59 Å². The van der Waals surface area contributed by atoms with Crippen molar-refractivity contribution in [3.8, 4) is 0 Å². The molecule has 0 aliphatic carbocycles. The molecule has 0 saturated heterocycles. The first-order valence-electron chi connectivity index (χ1n) is 5.28. The number of rotatable bonds is 1. The van der Waals surface area contributed by atoms with E-state index in [2.05, 4.69) is 0 Å². The van der Waals surface area contributed by atoms with E-state index >= 15 is 0 Å². The van der Waals surface area contributed by atoms with Crippen LogP contribution in [0, 0.1) is 0 Å². The van der Waals surface area contributed by atoms with E-state index in [-0.39, 0.29) is 18.9 Å². The SMILES string of the molecule is CC(=O)c1ccc2c(c1)CN(C(=O)C(F)(F)F)C2. The Morgan fingerprint density at radius 3 is 2.33 bits per heavy atom. The Hall–Kier alpha value is -1.85. The van der Waals surface area contributed by atoms with E-state index < -0.39 is 12.1 Å². The van der Waals surface area contributed by atoms with Crippen LogP contribution < -0.4 is 0 Å². The highest BCUT2D eigenvalue weighted by Crippen LogP contribution is 2.28. The second kappa shape index (κ2) is 4.12. The van der Waals surface area contributed by atoms with E-state index in [1.807, 2.05) is 0 Å². The fraction of sp³-hybridized carbons (Fsp3) is 0.333. The van der Waals surface area contributed by atoms with Crippen LogP contribution in [0.1, 0.15) is 28.4 Å². The molecule has 0 radical (unpaired) electrons. The lowest BCUT2D eigenvalue weighted by Gasteiger charge is -2.16. The third-order valence-electron chi connectivity index (χ3n) is 2.86. The van der Waals surface area contributed by atoms with Crippen molar-refractivity contribution in [1.29, 1.82) is 0 Å². The predicted octanol–water partition coefficient (Wildman–Crippen LogP) is 2.29. The summed E-state index contributed by atoms with van der Waals surface area (Å²) in [6.45, 7) is 1.22. The first-order chi connectivity index (χ1) is 8.29. The van der Waals surface area contributed by atoms with E-state index in [4.69, 9.17) is 0 Å². The van der Waals surface area contributed by atoms with Gasteiger partial charge in [-0.1, -0.05) is 12.1 Å². The molecule has 0 saturated carbocycles. The van der Waals surface area contributed by atoms with Crippen LogP contribution >= 0.6 is 0 Å². The molecule has 1 aliphatic heterocycles. The lowest BCUT2D eigenvalue weighted by molar-refractivity contribution is -0.186. The largest absolute Gasteiger partial charge is 0.471 e. The number of amides is 1. The topological polar surface area (TPSA) is 37.4 Å². The van der Waals surface area contributed by atoms with Gasteiger partial charge in [0.1, 0.15) is 0 Å². The molecule has 1 aliphatic rings. The molecule has 1 heterocycles. The molecule has 0 bridgehead atoms. The molecule has 96 valence electrons. The van der Waals surface area contributed by atoms with Crippen LogP contribution in [0.4, 0.5) is 13.2 Å². The van der Waals surface area contributed by atoms with E-state index in [0.29, 0.717) is 16.7 Å². The second-order valence-corrected chi connectivity index (χ2v) is 4.20. The van der Waals surface area contributed by atoms with Crippen LogP contribution in [-0.2, 0) is 17.9 Å². The number of carbonyl (C=O) groups excluding carboxylic acids is 2. The van der Waals surface area contributed by atoms with E-state index in [9.17, 15) is 22.8 Å². The molecule has 0 N–H and O–H groups in total. The standard InChI is InChI=1S/C12H10F3NO2/c1-7(17)8-2-3-9-5-16(6-10(9)4-8)11(18)12(13,14)15/h2-4H,5-6H2,1H3. The number of Topliss-reactive ketones (excluding diaryl/α,β-unsaturated/α-hetero) is 1. The number of halogens is 3. The van der Waals surface area contributed by atoms with Gasteiger partial charge in [-0.25, -0.2) is 0 Å². The van der Waals surface area contributed by atoms with Crippen LogP contribution in [0.3, 0.4) is 0 Å².